The topological polar surface area (TPSA) is 91.2 Å². The molecule has 2 aromatic heterocycles. The number of halogens is 1. The second kappa shape index (κ2) is 10.2. The fraction of sp³-hybridized carbons (Fsp3) is 0.263. The number of benzene rings is 1. The number of anilines is 1. The first-order valence-corrected chi connectivity index (χ1v) is 10.1. The summed E-state index contributed by atoms with van der Waals surface area (Å²) in [6.07, 6.45) is 3.40. The normalized spacial score (nSPS) is 10.7. The summed E-state index contributed by atoms with van der Waals surface area (Å²) >= 11 is 7.40. The van der Waals surface area contributed by atoms with Crippen LogP contribution < -0.4 is 10.1 Å². The number of pyridine rings is 1. The molecule has 10 heteroatoms. The maximum absolute atomic E-state index is 12.4. The third kappa shape index (κ3) is 5.47. The molecule has 0 bridgehead atoms. The molecule has 8 nitrogen and oxygen atoms in total. The highest BCUT2D eigenvalue weighted by atomic mass is 35.5. The van der Waals surface area contributed by atoms with Crippen LogP contribution in [0.5, 0.6) is 5.75 Å². The molecule has 0 unspecified atom stereocenters. The molecule has 0 aliphatic heterocycles. The Kier molecular flexibility index (Phi) is 7.45. The third-order valence-corrected chi connectivity index (χ3v) is 5.20. The Labute approximate surface area is 177 Å². The number of thioether (sulfide) groups is 1. The van der Waals surface area contributed by atoms with Crippen LogP contribution >= 0.6 is 23.4 Å². The van der Waals surface area contributed by atoms with Gasteiger partial charge < -0.3 is 14.8 Å². The lowest BCUT2D eigenvalue weighted by Crippen LogP contribution is -2.15. The molecule has 0 aliphatic rings. The summed E-state index contributed by atoms with van der Waals surface area (Å²) < 4.78 is 12.2. The number of methoxy groups -OCH3 is 2. The third-order valence-electron chi connectivity index (χ3n) is 3.94. The van der Waals surface area contributed by atoms with E-state index >= 15 is 0 Å². The number of rotatable bonds is 9. The zero-order chi connectivity index (χ0) is 20.6. The molecule has 0 aliphatic carbocycles. The van der Waals surface area contributed by atoms with E-state index in [1.165, 1.54) is 18.9 Å². The zero-order valence-electron chi connectivity index (χ0n) is 16.0. The molecular formula is C19H20ClN5O3S. The number of nitrogens with zero attached hydrogens (tertiary/aromatic N) is 4. The molecule has 3 rings (SSSR count). The Bertz CT molecular complexity index is 968. The number of hydrogen-bond donors (Lipinski definition) is 1. The first-order valence-electron chi connectivity index (χ1n) is 8.71. The highest BCUT2D eigenvalue weighted by Crippen LogP contribution is 2.28. The minimum atomic E-state index is -0.178. The van der Waals surface area contributed by atoms with Crippen molar-refractivity contribution in [1.82, 2.24) is 19.7 Å². The lowest BCUT2D eigenvalue weighted by atomic mass is 10.2. The quantitative estimate of drug-likeness (QED) is 0.517. The van der Waals surface area contributed by atoms with Gasteiger partial charge in [0.15, 0.2) is 11.0 Å². The van der Waals surface area contributed by atoms with Gasteiger partial charge >= 0.3 is 0 Å². The number of nitrogens with one attached hydrogen (secondary N) is 1. The number of carbonyl (C=O) groups excluding carboxylic acids is 1. The van der Waals surface area contributed by atoms with Gasteiger partial charge in [-0.05, 0) is 30.3 Å². The van der Waals surface area contributed by atoms with Crippen molar-refractivity contribution in [2.45, 2.75) is 11.7 Å². The Balaban J connectivity index is 1.68. The summed E-state index contributed by atoms with van der Waals surface area (Å²) in [7, 11) is 3.17. The van der Waals surface area contributed by atoms with Gasteiger partial charge in [-0.15, -0.1) is 10.2 Å². The summed E-state index contributed by atoms with van der Waals surface area (Å²) in [5.41, 5.74) is 1.49. The maximum Gasteiger partial charge on any atom is 0.234 e. The average molecular weight is 434 g/mol. The van der Waals surface area contributed by atoms with Crippen molar-refractivity contribution in [3.8, 4) is 17.1 Å². The molecule has 0 radical (unpaired) electrons. The van der Waals surface area contributed by atoms with E-state index in [2.05, 4.69) is 20.5 Å². The average Bonchev–Trinajstić information content (AvgIpc) is 3.14. The highest BCUT2D eigenvalue weighted by Gasteiger charge is 2.16. The summed E-state index contributed by atoms with van der Waals surface area (Å²) in [5, 5.41) is 12.4. The van der Waals surface area contributed by atoms with E-state index in [0.29, 0.717) is 40.6 Å². The van der Waals surface area contributed by atoms with Gasteiger partial charge in [0, 0.05) is 30.8 Å². The smallest absolute Gasteiger partial charge is 0.234 e. The van der Waals surface area contributed by atoms with E-state index in [1.807, 2.05) is 16.7 Å². The Morgan fingerprint density at radius 1 is 1.21 bits per heavy atom. The first-order chi connectivity index (χ1) is 14.1. The van der Waals surface area contributed by atoms with E-state index in [4.69, 9.17) is 21.1 Å². The van der Waals surface area contributed by atoms with Gasteiger partial charge in [0.2, 0.25) is 5.91 Å². The highest BCUT2D eigenvalue weighted by molar-refractivity contribution is 7.99. The van der Waals surface area contributed by atoms with Gasteiger partial charge in [0.25, 0.3) is 0 Å². The second-order valence-electron chi connectivity index (χ2n) is 5.87. The van der Waals surface area contributed by atoms with Crippen molar-refractivity contribution in [2.75, 3.05) is 31.9 Å². The second-order valence-corrected chi connectivity index (χ2v) is 7.22. The van der Waals surface area contributed by atoms with Gasteiger partial charge in [0.1, 0.15) is 5.75 Å². The summed E-state index contributed by atoms with van der Waals surface area (Å²) in [5.74, 6) is 1.25. The van der Waals surface area contributed by atoms with E-state index < -0.39 is 0 Å². The standard InChI is InChI=1S/C19H20ClN5O3S/c1-27-10-9-25-18(13-5-7-21-8-6-13)23-24-19(25)29-12-17(26)22-14-3-4-16(28-2)15(20)11-14/h3-8,11H,9-10,12H2,1-2H3,(H,22,26). The Morgan fingerprint density at radius 3 is 2.69 bits per heavy atom. The Hall–Kier alpha value is -2.62. The van der Waals surface area contributed by atoms with E-state index in [9.17, 15) is 4.79 Å². The first kappa shape index (κ1) is 21.1. The molecule has 152 valence electrons. The molecule has 3 aromatic rings. The van der Waals surface area contributed by atoms with Gasteiger partial charge in [-0.25, -0.2) is 0 Å². The summed E-state index contributed by atoms with van der Waals surface area (Å²) in [6.45, 7) is 1.07. The lowest BCUT2D eigenvalue weighted by Gasteiger charge is -2.10. The van der Waals surface area contributed by atoms with E-state index in [-0.39, 0.29) is 11.7 Å². The van der Waals surface area contributed by atoms with Gasteiger partial charge in [-0.3, -0.25) is 14.3 Å². The Morgan fingerprint density at radius 2 is 2.00 bits per heavy atom. The van der Waals surface area contributed by atoms with Crippen molar-refractivity contribution in [1.29, 1.82) is 0 Å². The van der Waals surface area contributed by atoms with Gasteiger partial charge in [-0.2, -0.15) is 0 Å². The predicted octanol–water partition coefficient (Wildman–Crippen LogP) is 3.38. The fourth-order valence-corrected chi connectivity index (χ4v) is 3.59. The zero-order valence-corrected chi connectivity index (χ0v) is 17.5. The molecule has 1 amide bonds. The van der Waals surface area contributed by atoms with Crippen molar-refractivity contribution < 1.29 is 14.3 Å². The summed E-state index contributed by atoms with van der Waals surface area (Å²) in [4.78, 5) is 16.4. The molecule has 1 aromatic carbocycles. The monoisotopic (exact) mass is 433 g/mol. The maximum atomic E-state index is 12.4. The molecule has 0 spiro atoms. The minimum Gasteiger partial charge on any atom is -0.495 e. The van der Waals surface area contributed by atoms with Crippen LogP contribution in [-0.4, -0.2) is 52.2 Å². The largest absolute Gasteiger partial charge is 0.495 e. The van der Waals surface area contributed by atoms with Crippen LogP contribution in [0.1, 0.15) is 0 Å². The minimum absolute atomic E-state index is 0.172. The van der Waals surface area contributed by atoms with Crippen LogP contribution in [0.25, 0.3) is 11.4 Å². The number of amides is 1. The number of carbonyl (C=O) groups is 1. The molecule has 0 saturated heterocycles. The van der Waals surface area contributed by atoms with Crippen molar-refractivity contribution >= 4 is 35.0 Å². The summed E-state index contributed by atoms with van der Waals surface area (Å²) in [6, 6.07) is 8.80. The van der Waals surface area contributed by atoms with Crippen LogP contribution in [0, 0.1) is 0 Å². The fourth-order valence-electron chi connectivity index (χ4n) is 2.57. The van der Waals surface area contributed by atoms with Gasteiger partial charge in [0.05, 0.1) is 31.0 Å². The van der Waals surface area contributed by atoms with Crippen molar-refractivity contribution in [2.24, 2.45) is 0 Å². The number of aromatic nitrogens is 4. The van der Waals surface area contributed by atoms with Crippen LogP contribution in [0.4, 0.5) is 5.69 Å². The lowest BCUT2D eigenvalue weighted by molar-refractivity contribution is -0.113. The number of ether oxygens (including phenoxy) is 2. The van der Waals surface area contributed by atoms with Crippen LogP contribution in [-0.2, 0) is 16.1 Å². The molecular weight excluding hydrogens is 414 g/mol. The molecule has 2 heterocycles. The number of hydrogen-bond acceptors (Lipinski definition) is 7. The molecule has 29 heavy (non-hydrogen) atoms. The SMILES string of the molecule is COCCn1c(SCC(=O)Nc2ccc(OC)c(Cl)c2)nnc1-c1ccncc1. The molecule has 1 N–H and O–H groups in total. The van der Waals surface area contributed by atoms with E-state index in [1.54, 1.807) is 37.7 Å². The molecule has 0 saturated carbocycles. The molecule has 0 fully saturated rings. The van der Waals surface area contributed by atoms with E-state index in [0.717, 1.165) is 5.56 Å². The van der Waals surface area contributed by atoms with Gasteiger partial charge in [-0.1, -0.05) is 23.4 Å². The van der Waals surface area contributed by atoms with Crippen LogP contribution in [0.15, 0.2) is 47.9 Å². The predicted molar refractivity (Wildman–Crippen MR) is 112 cm³/mol. The van der Waals surface area contributed by atoms with Crippen LogP contribution in [0.2, 0.25) is 5.02 Å². The molecule has 0 atom stereocenters. The van der Waals surface area contributed by atoms with Crippen molar-refractivity contribution in [3.63, 3.8) is 0 Å². The van der Waals surface area contributed by atoms with Crippen LogP contribution in [0.3, 0.4) is 0 Å². The van der Waals surface area contributed by atoms with Crippen molar-refractivity contribution in [3.05, 3.63) is 47.7 Å².